The number of hydrogen-bond donors (Lipinski definition) is 2. The van der Waals surface area contributed by atoms with Gasteiger partial charge in [0.25, 0.3) is 10.1 Å². The van der Waals surface area contributed by atoms with E-state index in [0.717, 1.165) is 11.1 Å². The fourth-order valence-corrected chi connectivity index (χ4v) is 3.15. The summed E-state index contributed by atoms with van der Waals surface area (Å²) in [5.74, 6) is -1.11. The van der Waals surface area contributed by atoms with E-state index in [0.29, 0.717) is 0 Å². The largest absolute Gasteiger partial charge is 1.00 e. The van der Waals surface area contributed by atoms with Crippen LogP contribution in [-0.2, 0) is 21.3 Å². The number of benzene rings is 2. The average Bonchev–Trinajstić information content (AvgIpc) is 2.52. The van der Waals surface area contributed by atoms with Crippen molar-refractivity contribution in [3.63, 3.8) is 0 Å². The molecule has 0 spiro atoms. The van der Waals surface area contributed by atoms with Gasteiger partial charge in [-0.05, 0) is 11.1 Å². The van der Waals surface area contributed by atoms with Crippen LogP contribution >= 0.6 is 0 Å². The molecule has 2 rings (SSSR count). The summed E-state index contributed by atoms with van der Waals surface area (Å²) in [5.41, 5.74) is 1.64. The molecule has 2 aromatic rings. The second-order valence-corrected chi connectivity index (χ2v) is 6.82. The third-order valence-corrected chi connectivity index (χ3v) is 4.26. The van der Waals surface area contributed by atoms with E-state index >= 15 is 0 Å². The van der Waals surface area contributed by atoms with Crippen molar-refractivity contribution >= 4 is 16.0 Å². The molecule has 2 aromatic carbocycles. The molecule has 5 nitrogen and oxygen atoms in total. The van der Waals surface area contributed by atoms with Crippen molar-refractivity contribution < 1.29 is 48.7 Å². The Hall–Kier alpha value is -1.18. The summed E-state index contributed by atoms with van der Waals surface area (Å²) in [6.07, 6.45) is 0.230. The Kier molecular flexibility index (Phi) is 8.66. The average molecular weight is 357 g/mol. The number of hydrogen-bond acceptors (Lipinski definition) is 3. The summed E-state index contributed by atoms with van der Waals surface area (Å²) in [7, 11) is -4.13. The first-order valence-electron chi connectivity index (χ1n) is 7.25. The number of rotatable bonds is 7. The van der Waals surface area contributed by atoms with Crippen molar-refractivity contribution in [3.05, 3.63) is 71.8 Å². The molecule has 0 saturated heterocycles. The third kappa shape index (κ3) is 7.59. The molecular formula is C17H20NNaO4S. The molecule has 1 atom stereocenters. The van der Waals surface area contributed by atoms with Gasteiger partial charge in [-0.25, -0.2) is 0 Å². The summed E-state index contributed by atoms with van der Waals surface area (Å²) in [4.78, 5) is 12.0. The number of carbonyl (C=O) groups excluding carboxylic acids is 1. The van der Waals surface area contributed by atoms with Crippen molar-refractivity contribution in [3.8, 4) is 0 Å². The Balaban J connectivity index is 0.00000288. The van der Waals surface area contributed by atoms with Crippen molar-refractivity contribution in [2.45, 2.75) is 12.3 Å². The molecule has 2 N–H and O–H groups in total. The van der Waals surface area contributed by atoms with Crippen LogP contribution in [0.25, 0.3) is 0 Å². The zero-order chi connectivity index (χ0) is 16.7. The quantitative estimate of drug-likeness (QED) is 0.499. The van der Waals surface area contributed by atoms with E-state index in [1.807, 2.05) is 36.4 Å². The zero-order valence-corrected chi connectivity index (χ0v) is 16.4. The van der Waals surface area contributed by atoms with Gasteiger partial charge in [-0.2, -0.15) is 8.42 Å². The number of nitrogens with one attached hydrogen (secondary N) is 1. The Labute approximate surface area is 166 Å². The van der Waals surface area contributed by atoms with Gasteiger partial charge in [0.05, 0.1) is 12.2 Å². The first-order chi connectivity index (χ1) is 10.9. The maximum Gasteiger partial charge on any atom is 1.00 e. The van der Waals surface area contributed by atoms with Crippen molar-refractivity contribution in [1.82, 2.24) is 5.32 Å². The van der Waals surface area contributed by atoms with E-state index in [9.17, 15) is 13.2 Å². The molecule has 0 saturated carbocycles. The molecule has 0 aliphatic rings. The van der Waals surface area contributed by atoms with Crippen LogP contribution in [0.3, 0.4) is 0 Å². The summed E-state index contributed by atoms with van der Waals surface area (Å²) >= 11 is 0. The molecule has 0 aliphatic carbocycles. The van der Waals surface area contributed by atoms with Crippen LogP contribution < -0.4 is 34.9 Å². The van der Waals surface area contributed by atoms with Crippen LogP contribution in [0.4, 0.5) is 0 Å². The van der Waals surface area contributed by atoms with Gasteiger partial charge in [-0.3, -0.25) is 9.35 Å². The molecule has 0 bridgehead atoms. The Morgan fingerprint density at radius 2 is 1.58 bits per heavy atom. The van der Waals surface area contributed by atoms with E-state index in [4.69, 9.17) is 4.55 Å². The molecule has 0 aromatic heterocycles. The van der Waals surface area contributed by atoms with E-state index in [1.165, 1.54) is 0 Å². The van der Waals surface area contributed by atoms with Crippen LogP contribution in [-0.4, -0.2) is 31.2 Å². The standard InChI is InChI=1S/C17H19NO4S.Na.H/c19-17(11-14-7-3-1-4-8-14)18-12-16(13-23(20,21)22)15-9-5-2-6-10-15;;/h1-10,16H,11-13H2,(H,18,19)(H,20,21,22);;/q;+1;-1. The van der Waals surface area contributed by atoms with Crippen LogP contribution in [0.2, 0.25) is 0 Å². The maximum atomic E-state index is 12.0. The third-order valence-electron chi connectivity index (χ3n) is 3.44. The van der Waals surface area contributed by atoms with Gasteiger partial charge in [0.15, 0.2) is 0 Å². The molecule has 124 valence electrons. The first kappa shape index (κ1) is 20.9. The normalized spacial score (nSPS) is 12.0. The van der Waals surface area contributed by atoms with Gasteiger partial charge in [0.2, 0.25) is 5.91 Å². The Morgan fingerprint density at radius 1 is 1.04 bits per heavy atom. The Bertz CT molecular complexity index is 742. The second-order valence-electron chi connectivity index (χ2n) is 5.32. The molecular weight excluding hydrogens is 337 g/mol. The minimum atomic E-state index is -4.13. The number of amides is 1. The molecule has 0 heterocycles. The minimum absolute atomic E-state index is 0. The maximum absolute atomic E-state index is 12.0. The minimum Gasteiger partial charge on any atom is -1.00 e. The monoisotopic (exact) mass is 357 g/mol. The van der Waals surface area contributed by atoms with E-state index in [-0.39, 0.29) is 49.9 Å². The van der Waals surface area contributed by atoms with Gasteiger partial charge in [-0.1, -0.05) is 60.7 Å². The van der Waals surface area contributed by atoms with Gasteiger partial charge < -0.3 is 6.74 Å². The van der Waals surface area contributed by atoms with E-state index in [1.54, 1.807) is 24.3 Å². The second kappa shape index (κ2) is 9.96. The van der Waals surface area contributed by atoms with Crippen LogP contribution in [0.1, 0.15) is 18.5 Å². The predicted molar refractivity (Wildman–Crippen MR) is 89.9 cm³/mol. The smallest absolute Gasteiger partial charge is 1.00 e. The molecule has 0 radical (unpaired) electrons. The molecule has 1 unspecified atom stereocenters. The fourth-order valence-electron chi connectivity index (χ4n) is 2.33. The van der Waals surface area contributed by atoms with E-state index in [2.05, 4.69) is 5.32 Å². The molecule has 24 heavy (non-hydrogen) atoms. The molecule has 7 heteroatoms. The van der Waals surface area contributed by atoms with Crippen LogP contribution in [0.15, 0.2) is 60.7 Å². The van der Waals surface area contributed by atoms with Crippen molar-refractivity contribution in [2.75, 3.05) is 12.3 Å². The predicted octanol–water partition coefficient (Wildman–Crippen LogP) is -0.867. The van der Waals surface area contributed by atoms with Gasteiger partial charge >= 0.3 is 29.6 Å². The summed E-state index contributed by atoms with van der Waals surface area (Å²) in [6.45, 7) is 0.148. The van der Waals surface area contributed by atoms with Crippen LogP contribution in [0, 0.1) is 0 Å². The van der Waals surface area contributed by atoms with Crippen LogP contribution in [0.5, 0.6) is 0 Å². The molecule has 1 amide bonds. The summed E-state index contributed by atoms with van der Waals surface area (Å²) in [6, 6.07) is 18.2. The Morgan fingerprint density at radius 3 is 2.12 bits per heavy atom. The molecule has 0 fully saturated rings. The van der Waals surface area contributed by atoms with Gasteiger partial charge in [-0.15, -0.1) is 0 Å². The van der Waals surface area contributed by atoms with Crippen molar-refractivity contribution in [2.24, 2.45) is 0 Å². The number of carbonyl (C=O) groups is 1. The fraction of sp³-hybridized carbons (Fsp3) is 0.235. The summed E-state index contributed by atoms with van der Waals surface area (Å²) < 4.78 is 31.5. The van der Waals surface area contributed by atoms with Gasteiger partial charge in [0.1, 0.15) is 0 Å². The zero-order valence-electron chi connectivity index (χ0n) is 14.6. The van der Waals surface area contributed by atoms with Gasteiger partial charge in [0, 0.05) is 12.5 Å². The van der Waals surface area contributed by atoms with E-state index < -0.39 is 21.8 Å². The molecule has 0 aliphatic heterocycles. The van der Waals surface area contributed by atoms with Crippen molar-refractivity contribution in [1.29, 1.82) is 0 Å². The summed E-state index contributed by atoms with van der Waals surface area (Å²) in [5, 5.41) is 2.74. The topological polar surface area (TPSA) is 83.5 Å². The SMILES string of the molecule is O=C(Cc1ccccc1)NCC(CS(=O)(=O)O)c1ccccc1.[H-].[Na+]. The first-order valence-corrected chi connectivity index (χ1v) is 8.86.